The third-order valence-corrected chi connectivity index (χ3v) is 5.59. The summed E-state index contributed by atoms with van der Waals surface area (Å²) in [6.45, 7) is 9.54. The van der Waals surface area contributed by atoms with Crippen LogP contribution >= 0.6 is 7.60 Å². The van der Waals surface area contributed by atoms with Crippen LogP contribution < -0.4 is 9.79 Å². The van der Waals surface area contributed by atoms with Crippen LogP contribution in [0.5, 0.6) is 0 Å². The zero-order chi connectivity index (χ0) is 18.9. The molecule has 7 nitrogen and oxygen atoms in total. The molecule has 2 heterocycles. The molecule has 0 fully saturated rings. The van der Waals surface area contributed by atoms with E-state index in [2.05, 4.69) is 50.3 Å². The number of rotatable bonds is 4. The van der Waals surface area contributed by atoms with Crippen LogP contribution in [0.4, 0.5) is 0 Å². The molecule has 0 saturated heterocycles. The topological polar surface area (TPSA) is 87.9 Å². The summed E-state index contributed by atoms with van der Waals surface area (Å²) >= 11 is 0. The van der Waals surface area contributed by atoms with E-state index in [4.69, 9.17) is 0 Å². The first-order valence-corrected chi connectivity index (χ1v) is 9.78. The van der Waals surface area contributed by atoms with Crippen LogP contribution in [0.25, 0.3) is 0 Å². The predicted octanol–water partition coefficient (Wildman–Crippen LogP) is 1.63. The van der Waals surface area contributed by atoms with E-state index in [1.165, 1.54) is 6.92 Å². The maximum absolute atomic E-state index is 10.0. The molecule has 2 aliphatic rings. The first-order chi connectivity index (χ1) is 11.0. The van der Waals surface area contributed by atoms with Crippen molar-refractivity contribution in [1.82, 2.24) is 0 Å². The first-order valence-electron chi connectivity index (χ1n) is 8.17. The zero-order valence-electron chi connectivity index (χ0n) is 15.6. The fraction of sp³-hybridized carbons (Fsp3) is 0.625. The third-order valence-electron chi connectivity index (χ3n) is 4.14. The Labute approximate surface area is 146 Å². The molecule has 0 radical (unpaired) electrons. The molecule has 0 saturated carbocycles. The summed E-state index contributed by atoms with van der Waals surface area (Å²) in [7, 11) is -0.0206. The molecule has 2 aliphatic heterocycles. The van der Waals surface area contributed by atoms with E-state index in [0.29, 0.717) is 6.42 Å². The molecule has 138 valence electrons. The van der Waals surface area contributed by atoms with E-state index in [0.717, 1.165) is 22.1 Å². The van der Waals surface area contributed by atoms with Crippen LogP contribution in [-0.4, -0.2) is 54.5 Å². The van der Waals surface area contributed by atoms with Crippen molar-refractivity contribution in [2.45, 2.75) is 39.8 Å². The van der Waals surface area contributed by atoms with Gasteiger partial charge in [-0.1, -0.05) is 21.4 Å². The normalized spacial score (nSPS) is 28.2. The van der Waals surface area contributed by atoms with E-state index >= 15 is 0 Å². The fourth-order valence-corrected chi connectivity index (χ4v) is 1.89. The van der Waals surface area contributed by atoms with Crippen LogP contribution in [-0.2, 0) is 4.57 Å². The van der Waals surface area contributed by atoms with Crippen molar-refractivity contribution in [2.24, 2.45) is 9.98 Å². The number of aliphatic imine (C=N–C) groups is 2. The minimum atomic E-state index is -4.26. The van der Waals surface area contributed by atoms with Gasteiger partial charge in [-0.25, -0.2) is 9.98 Å². The summed E-state index contributed by atoms with van der Waals surface area (Å²) in [5.74, 6) is 0. The molecule has 0 amide bonds. The van der Waals surface area contributed by atoms with Crippen LogP contribution in [0.1, 0.15) is 34.1 Å². The van der Waals surface area contributed by atoms with Crippen molar-refractivity contribution in [3.63, 3.8) is 0 Å². The van der Waals surface area contributed by atoms with Crippen molar-refractivity contribution < 1.29 is 23.3 Å². The van der Waals surface area contributed by atoms with Crippen LogP contribution in [0.15, 0.2) is 34.8 Å². The molecule has 0 aromatic carbocycles. The van der Waals surface area contributed by atoms with Crippen molar-refractivity contribution >= 4 is 20.3 Å². The van der Waals surface area contributed by atoms with E-state index in [-0.39, 0.29) is 0 Å². The Bertz CT molecular complexity index is 479. The third kappa shape index (κ3) is 8.66. The van der Waals surface area contributed by atoms with E-state index in [1.54, 1.807) is 6.92 Å². The molecule has 0 aromatic heterocycles. The number of hydrogen-bond acceptors (Lipinski definition) is 5. The van der Waals surface area contributed by atoms with Crippen molar-refractivity contribution in [2.75, 3.05) is 27.2 Å². The summed E-state index contributed by atoms with van der Waals surface area (Å²) in [6, 6.07) is 0. The standard InChI is InChI=1S/2C6H11N2.C4H11O3P/c2*1-3-8(2)5-4-7-6-8;1-3-4(2)8(5,6)7/h2*4-6H,3H2,1-2H3;4H,3H2,1-2H3,(H2,5,6,7)/q2*+1;/p-2. The lowest BCUT2D eigenvalue weighted by Gasteiger charge is -2.35. The molecule has 2 rings (SSSR count). The van der Waals surface area contributed by atoms with E-state index in [1.807, 2.05) is 25.1 Å². The summed E-state index contributed by atoms with van der Waals surface area (Å²) in [5.41, 5.74) is -0.706. The van der Waals surface area contributed by atoms with E-state index in [9.17, 15) is 14.4 Å². The van der Waals surface area contributed by atoms with Gasteiger partial charge in [-0.2, -0.15) is 0 Å². The predicted molar refractivity (Wildman–Crippen MR) is 96.1 cm³/mol. The van der Waals surface area contributed by atoms with Gasteiger partial charge in [0.05, 0.1) is 39.6 Å². The molecular formula is C16H31N4O3P. The molecule has 0 N–H and O–H groups in total. The maximum Gasteiger partial charge on any atom is 0.194 e. The monoisotopic (exact) mass is 358 g/mol. The van der Waals surface area contributed by atoms with Crippen LogP contribution in [0.2, 0.25) is 0 Å². The average Bonchev–Trinajstić information content (AvgIpc) is 3.17. The van der Waals surface area contributed by atoms with Crippen molar-refractivity contribution in [1.29, 1.82) is 0 Å². The van der Waals surface area contributed by atoms with Gasteiger partial charge in [-0.05, 0) is 25.9 Å². The molecule has 24 heavy (non-hydrogen) atoms. The molecule has 3 unspecified atom stereocenters. The Hall–Kier alpha value is -1.11. The Morgan fingerprint density at radius 2 is 1.33 bits per heavy atom. The molecule has 3 atom stereocenters. The second kappa shape index (κ2) is 10.0. The highest BCUT2D eigenvalue weighted by molar-refractivity contribution is 7.49. The van der Waals surface area contributed by atoms with E-state index < -0.39 is 13.3 Å². The highest BCUT2D eigenvalue weighted by atomic mass is 31.2. The first kappa shape index (κ1) is 22.9. The van der Waals surface area contributed by atoms with Crippen LogP contribution in [0, 0.1) is 0 Å². The van der Waals surface area contributed by atoms with Gasteiger partial charge >= 0.3 is 0 Å². The molecule has 8 heteroatoms. The quantitative estimate of drug-likeness (QED) is 0.565. The number of quaternary nitrogens is 2. The molecule has 0 bridgehead atoms. The lowest BCUT2D eigenvalue weighted by Crippen LogP contribution is -2.33. The highest BCUT2D eigenvalue weighted by Crippen LogP contribution is 2.32. The van der Waals surface area contributed by atoms with Crippen molar-refractivity contribution in [3.8, 4) is 0 Å². The number of hydrogen-bond donors (Lipinski definition) is 0. The summed E-state index contributed by atoms with van der Waals surface area (Å²) in [5, 5.41) is 0. The molecule has 0 aromatic rings. The average molecular weight is 358 g/mol. The van der Waals surface area contributed by atoms with Gasteiger partial charge in [0.1, 0.15) is 12.4 Å². The van der Waals surface area contributed by atoms with Gasteiger partial charge in [0, 0.05) is 0 Å². The molecule has 0 aliphatic carbocycles. The smallest absolute Gasteiger partial charge is 0.194 e. The SMILES string of the molecule is CCC(C)P(=O)([O-])[O-].CC[N+]1(C)C=CN=C1.CC[N+]1(C)C=CN=C1. The zero-order valence-corrected chi connectivity index (χ0v) is 16.5. The Balaban J connectivity index is 0.000000331. The lowest BCUT2D eigenvalue weighted by molar-refractivity contribution is -0.754. The summed E-state index contributed by atoms with van der Waals surface area (Å²) < 4.78 is 11.7. The molecular weight excluding hydrogens is 327 g/mol. The minimum absolute atomic E-state index is 0.407. The Morgan fingerprint density at radius 1 is 0.958 bits per heavy atom. The lowest BCUT2D eigenvalue weighted by atomic mass is 10.4. The Kier molecular flexibility index (Phi) is 9.55. The molecule has 0 spiro atoms. The number of nitrogens with zero attached hydrogens (tertiary/aromatic N) is 4. The van der Waals surface area contributed by atoms with Gasteiger partial charge in [-0.3, -0.25) is 8.97 Å². The minimum Gasteiger partial charge on any atom is -0.811 e. The van der Waals surface area contributed by atoms with Gasteiger partial charge in [0.2, 0.25) is 0 Å². The second-order valence-electron chi connectivity index (χ2n) is 6.25. The fourth-order valence-electron chi connectivity index (χ4n) is 1.44. The Morgan fingerprint density at radius 3 is 1.42 bits per heavy atom. The van der Waals surface area contributed by atoms with Gasteiger partial charge in [0.15, 0.2) is 12.7 Å². The van der Waals surface area contributed by atoms with Gasteiger partial charge in [-0.15, -0.1) is 0 Å². The summed E-state index contributed by atoms with van der Waals surface area (Å²) in [6.07, 6.45) is 12.1. The second-order valence-corrected chi connectivity index (χ2v) is 8.21. The van der Waals surface area contributed by atoms with Crippen molar-refractivity contribution in [3.05, 3.63) is 24.8 Å². The maximum atomic E-state index is 10.0. The summed E-state index contributed by atoms with van der Waals surface area (Å²) in [4.78, 5) is 28.0. The largest absolute Gasteiger partial charge is 0.811 e. The van der Waals surface area contributed by atoms with Crippen LogP contribution in [0.3, 0.4) is 0 Å². The highest BCUT2D eigenvalue weighted by Gasteiger charge is 2.15. The van der Waals surface area contributed by atoms with Gasteiger partial charge < -0.3 is 14.4 Å². The van der Waals surface area contributed by atoms with Gasteiger partial charge in [0.25, 0.3) is 0 Å².